The van der Waals surface area contributed by atoms with Crippen LogP contribution in [0.2, 0.25) is 0 Å². The molecule has 0 atom stereocenters. The second-order valence-electron chi connectivity index (χ2n) is 5.90. The molecule has 124 valence electrons. The Labute approximate surface area is 127 Å². The lowest BCUT2D eigenvalue weighted by molar-refractivity contribution is -0.137. The first kappa shape index (κ1) is 17.2. The number of hydrogen-bond donors (Lipinski definition) is 3. The van der Waals surface area contributed by atoms with E-state index < -0.39 is 23.9 Å². The molecule has 1 aliphatic heterocycles. The molecule has 0 radical (unpaired) electrons. The zero-order chi connectivity index (χ0) is 16.4. The average Bonchev–Trinajstić information content (AvgIpc) is 2.48. The smallest absolute Gasteiger partial charge is 0.392 e. The molecule has 1 heterocycles. The fourth-order valence-electron chi connectivity index (χ4n) is 2.70. The Morgan fingerprint density at radius 3 is 2.23 bits per heavy atom. The highest BCUT2D eigenvalue weighted by atomic mass is 19.4. The van der Waals surface area contributed by atoms with Crippen molar-refractivity contribution < 1.29 is 23.4 Å². The molecule has 0 aromatic heterocycles. The van der Waals surface area contributed by atoms with Gasteiger partial charge in [-0.1, -0.05) is 6.07 Å². The average molecular weight is 318 g/mol. The number of likely N-dealkylation sites (tertiary alicyclic amines) is 1. The van der Waals surface area contributed by atoms with Crippen molar-refractivity contribution in [3.05, 3.63) is 34.9 Å². The van der Waals surface area contributed by atoms with Crippen molar-refractivity contribution >= 4 is 0 Å². The summed E-state index contributed by atoms with van der Waals surface area (Å²) < 4.78 is 38.6. The van der Waals surface area contributed by atoms with Gasteiger partial charge in [0.15, 0.2) is 0 Å². The predicted molar refractivity (Wildman–Crippen MR) is 75.9 cm³/mol. The number of aliphatic hydroxyl groups is 2. The van der Waals surface area contributed by atoms with Gasteiger partial charge >= 0.3 is 6.18 Å². The van der Waals surface area contributed by atoms with Gasteiger partial charge in [-0.05, 0) is 36.1 Å². The molecule has 1 aliphatic rings. The van der Waals surface area contributed by atoms with Crippen molar-refractivity contribution in [2.45, 2.75) is 37.8 Å². The summed E-state index contributed by atoms with van der Waals surface area (Å²) >= 11 is 0. The van der Waals surface area contributed by atoms with Gasteiger partial charge < -0.3 is 15.9 Å². The van der Waals surface area contributed by atoms with Crippen molar-refractivity contribution in [1.29, 1.82) is 0 Å². The second kappa shape index (κ2) is 6.54. The molecular formula is C15H21F3N2O2. The normalized spacial score (nSPS) is 19.4. The van der Waals surface area contributed by atoms with Gasteiger partial charge in [0.1, 0.15) is 0 Å². The lowest BCUT2D eigenvalue weighted by atomic mass is 9.91. The van der Waals surface area contributed by atoms with E-state index in [2.05, 4.69) is 0 Å². The largest absolute Gasteiger partial charge is 0.416 e. The Morgan fingerprint density at radius 2 is 1.73 bits per heavy atom. The number of rotatable bonds is 4. The highest BCUT2D eigenvalue weighted by Gasteiger charge is 2.33. The number of aliphatic hydroxyl groups excluding tert-OH is 1. The fraction of sp³-hybridized carbons (Fsp3) is 0.600. The fourth-order valence-corrected chi connectivity index (χ4v) is 2.70. The van der Waals surface area contributed by atoms with Gasteiger partial charge in [-0.15, -0.1) is 0 Å². The standard InChI is InChI=1S/C15H21F3N2O2/c16-15(17,18)13-6-11(5-12(7-13)9-21)8-20-3-1-14(22,10-19)2-4-20/h5-7,21-22H,1-4,8-10,19H2. The number of hydrogen-bond acceptors (Lipinski definition) is 4. The van der Waals surface area contributed by atoms with Crippen LogP contribution in [0.5, 0.6) is 0 Å². The Bertz CT molecular complexity index is 512. The third kappa shape index (κ3) is 4.19. The molecule has 1 aromatic rings. The quantitative estimate of drug-likeness (QED) is 0.786. The summed E-state index contributed by atoms with van der Waals surface area (Å²) in [6, 6.07) is 3.66. The van der Waals surface area contributed by atoms with Crippen LogP contribution in [0.3, 0.4) is 0 Å². The van der Waals surface area contributed by atoms with E-state index in [9.17, 15) is 18.3 Å². The van der Waals surface area contributed by atoms with Crippen LogP contribution in [0.15, 0.2) is 18.2 Å². The highest BCUT2D eigenvalue weighted by Crippen LogP contribution is 2.31. The van der Waals surface area contributed by atoms with Crippen LogP contribution < -0.4 is 5.73 Å². The number of benzene rings is 1. The zero-order valence-corrected chi connectivity index (χ0v) is 12.2. The van der Waals surface area contributed by atoms with Crippen LogP contribution >= 0.6 is 0 Å². The van der Waals surface area contributed by atoms with E-state index in [1.54, 1.807) is 6.07 Å². The Morgan fingerprint density at radius 1 is 1.14 bits per heavy atom. The molecule has 1 saturated heterocycles. The third-order valence-electron chi connectivity index (χ3n) is 4.14. The van der Waals surface area contributed by atoms with Crippen molar-refractivity contribution in [3.63, 3.8) is 0 Å². The van der Waals surface area contributed by atoms with Gasteiger partial charge in [-0.3, -0.25) is 4.90 Å². The monoisotopic (exact) mass is 318 g/mol. The minimum Gasteiger partial charge on any atom is -0.392 e. The van der Waals surface area contributed by atoms with Crippen LogP contribution in [0.25, 0.3) is 0 Å². The Balaban J connectivity index is 2.10. The van der Waals surface area contributed by atoms with E-state index in [1.165, 1.54) is 0 Å². The highest BCUT2D eigenvalue weighted by molar-refractivity contribution is 5.31. The predicted octanol–water partition coefficient (Wildman–Crippen LogP) is 1.48. The van der Waals surface area contributed by atoms with E-state index in [0.29, 0.717) is 38.0 Å². The maximum Gasteiger partial charge on any atom is 0.416 e. The molecular weight excluding hydrogens is 297 g/mol. The SMILES string of the molecule is NCC1(O)CCN(Cc2cc(CO)cc(C(F)(F)F)c2)CC1. The molecule has 22 heavy (non-hydrogen) atoms. The summed E-state index contributed by atoms with van der Waals surface area (Å²) in [5, 5.41) is 19.2. The van der Waals surface area contributed by atoms with Crippen LogP contribution in [-0.2, 0) is 19.3 Å². The summed E-state index contributed by atoms with van der Waals surface area (Å²) in [4.78, 5) is 1.99. The van der Waals surface area contributed by atoms with Gasteiger partial charge in [0.2, 0.25) is 0 Å². The maximum atomic E-state index is 12.9. The van der Waals surface area contributed by atoms with Crippen molar-refractivity contribution in [2.24, 2.45) is 5.73 Å². The number of nitrogens with zero attached hydrogens (tertiary/aromatic N) is 1. The molecule has 0 saturated carbocycles. The van der Waals surface area contributed by atoms with E-state index in [0.717, 1.165) is 12.1 Å². The summed E-state index contributed by atoms with van der Waals surface area (Å²) in [5.41, 5.74) is 4.67. The van der Waals surface area contributed by atoms with Crippen molar-refractivity contribution in [1.82, 2.24) is 4.90 Å². The van der Waals surface area contributed by atoms with E-state index >= 15 is 0 Å². The summed E-state index contributed by atoms with van der Waals surface area (Å²) in [5.74, 6) is 0. The van der Waals surface area contributed by atoms with Crippen LogP contribution in [0, 0.1) is 0 Å². The van der Waals surface area contributed by atoms with Crippen molar-refractivity contribution in [2.75, 3.05) is 19.6 Å². The minimum atomic E-state index is -4.43. The van der Waals surface area contributed by atoms with Gasteiger partial charge in [0, 0.05) is 26.2 Å². The van der Waals surface area contributed by atoms with E-state index in [1.807, 2.05) is 4.90 Å². The molecule has 1 aromatic carbocycles. The Hall–Kier alpha value is -1.15. The Kier molecular flexibility index (Phi) is 5.11. The van der Waals surface area contributed by atoms with E-state index in [-0.39, 0.29) is 12.1 Å². The van der Waals surface area contributed by atoms with Crippen LogP contribution in [0.4, 0.5) is 13.2 Å². The minimum absolute atomic E-state index is 0.194. The molecule has 0 aliphatic carbocycles. The number of nitrogens with two attached hydrogens (primary N) is 1. The number of halogens is 3. The molecule has 0 unspecified atom stereocenters. The summed E-state index contributed by atoms with van der Waals surface area (Å²) in [6.07, 6.45) is -3.41. The maximum absolute atomic E-state index is 12.9. The lowest BCUT2D eigenvalue weighted by Crippen LogP contribution is -2.48. The van der Waals surface area contributed by atoms with Crippen LogP contribution in [0.1, 0.15) is 29.5 Å². The first-order valence-corrected chi connectivity index (χ1v) is 7.21. The second-order valence-corrected chi connectivity index (χ2v) is 5.90. The molecule has 7 heteroatoms. The van der Waals surface area contributed by atoms with Crippen LogP contribution in [-0.4, -0.2) is 40.3 Å². The lowest BCUT2D eigenvalue weighted by Gasteiger charge is -2.37. The molecule has 0 spiro atoms. The summed E-state index contributed by atoms with van der Waals surface area (Å²) in [6.45, 7) is 1.29. The summed E-state index contributed by atoms with van der Waals surface area (Å²) in [7, 11) is 0. The van der Waals surface area contributed by atoms with Crippen molar-refractivity contribution in [3.8, 4) is 0 Å². The van der Waals surface area contributed by atoms with Gasteiger partial charge in [-0.25, -0.2) is 0 Å². The third-order valence-corrected chi connectivity index (χ3v) is 4.14. The molecule has 4 N–H and O–H groups in total. The van der Waals surface area contributed by atoms with E-state index in [4.69, 9.17) is 10.8 Å². The molecule has 2 rings (SSSR count). The molecule has 1 fully saturated rings. The van der Waals surface area contributed by atoms with Gasteiger partial charge in [0.25, 0.3) is 0 Å². The van der Waals surface area contributed by atoms with Gasteiger partial charge in [0.05, 0.1) is 17.8 Å². The molecule has 0 amide bonds. The molecule has 4 nitrogen and oxygen atoms in total. The molecule has 0 bridgehead atoms. The van der Waals surface area contributed by atoms with Gasteiger partial charge in [-0.2, -0.15) is 13.2 Å². The number of piperidine rings is 1. The number of alkyl halides is 3. The zero-order valence-electron chi connectivity index (χ0n) is 12.2. The first-order valence-electron chi connectivity index (χ1n) is 7.21. The topological polar surface area (TPSA) is 69.7 Å². The first-order chi connectivity index (χ1) is 10.3.